The van der Waals surface area contributed by atoms with Crippen molar-refractivity contribution in [2.45, 2.75) is 51.7 Å². The number of hydrogen-bond acceptors (Lipinski definition) is 6. The van der Waals surface area contributed by atoms with E-state index in [0.717, 1.165) is 62.8 Å². The Morgan fingerprint density at radius 1 is 1.26 bits per heavy atom. The summed E-state index contributed by atoms with van der Waals surface area (Å²) in [6.07, 6.45) is 1.70. The van der Waals surface area contributed by atoms with E-state index in [9.17, 15) is 8.42 Å². The van der Waals surface area contributed by atoms with Gasteiger partial charge in [-0.1, -0.05) is 38.1 Å². The molecule has 0 aliphatic carbocycles. The summed E-state index contributed by atoms with van der Waals surface area (Å²) in [5, 5.41) is 4.06. The fourth-order valence-electron chi connectivity index (χ4n) is 4.17. The molecule has 8 nitrogen and oxygen atoms in total. The number of aryl methyl sites for hydroxylation is 1. The number of thiocarbonyl (C=S) groups is 1. The van der Waals surface area contributed by atoms with Gasteiger partial charge in [-0.3, -0.25) is 4.90 Å². The first-order valence-corrected chi connectivity index (χ1v) is 14.4. The molecule has 0 amide bonds. The number of nitrogens with one attached hydrogen (secondary N) is 1. The maximum atomic E-state index is 13.5. The van der Waals surface area contributed by atoms with Gasteiger partial charge in [0.05, 0.1) is 37.4 Å². The van der Waals surface area contributed by atoms with E-state index in [1.165, 1.54) is 0 Å². The summed E-state index contributed by atoms with van der Waals surface area (Å²) in [6.45, 7) is 14.9. The second kappa shape index (κ2) is 12.8. The Balaban J connectivity index is 1.85. The lowest BCUT2D eigenvalue weighted by atomic mass is 10.1. The number of benzene rings is 1. The van der Waals surface area contributed by atoms with Crippen molar-refractivity contribution in [3.05, 3.63) is 47.3 Å². The van der Waals surface area contributed by atoms with Crippen molar-refractivity contribution in [3.8, 4) is 0 Å². The Kier molecular flexibility index (Phi) is 10.1. The summed E-state index contributed by atoms with van der Waals surface area (Å²) in [4.78, 5) is 8.91. The van der Waals surface area contributed by atoms with E-state index in [4.69, 9.17) is 17.0 Å². The van der Waals surface area contributed by atoms with Crippen molar-refractivity contribution in [2.75, 3.05) is 45.9 Å². The molecule has 1 aliphatic heterocycles. The number of rotatable bonds is 11. The number of morpholine rings is 1. The van der Waals surface area contributed by atoms with E-state index >= 15 is 0 Å². The normalized spacial score (nSPS) is 14.9. The molecular formula is C25H39N5O3S2. The van der Waals surface area contributed by atoms with Gasteiger partial charge in [0.1, 0.15) is 0 Å². The quantitative estimate of drug-likeness (QED) is 0.452. The molecule has 194 valence electrons. The van der Waals surface area contributed by atoms with Gasteiger partial charge in [0.2, 0.25) is 15.0 Å². The standard InChI is InChI=1S/C25H39N5O3S2/c1-5-26-24(34)29(11-10-28-12-14-33-15-13-28)18-23-16-27-25(30(23)17-20(2)3)35(31,32)19-22-9-7-6-8-21(22)4/h6-9,16,20H,5,10-15,17-19H2,1-4H3,(H,26,34). The molecule has 1 fully saturated rings. The minimum atomic E-state index is -3.62. The third-order valence-corrected chi connectivity index (χ3v) is 8.07. The number of nitrogens with zero attached hydrogens (tertiary/aromatic N) is 4. The lowest BCUT2D eigenvalue weighted by molar-refractivity contribution is 0.0356. The molecule has 10 heteroatoms. The predicted octanol–water partition coefficient (Wildman–Crippen LogP) is 2.85. The van der Waals surface area contributed by atoms with E-state index in [1.54, 1.807) is 6.20 Å². The number of imidazole rings is 1. The first kappa shape index (κ1) is 27.6. The van der Waals surface area contributed by atoms with Gasteiger partial charge in [0.15, 0.2) is 5.11 Å². The van der Waals surface area contributed by atoms with Crippen LogP contribution in [0.5, 0.6) is 0 Å². The summed E-state index contributed by atoms with van der Waals surface area (Å²) in [6, 6.07) is 7.59. The lowest BCUT2D eigenvalue weighted by Gasteiger charge is -2.31. The van der Waals surface area contributed by atoms with Gasteiger partial charge < -0.3 is 19.5 Å². The summed E-state index contributed by atoms with van der Waals surface area (Å²) >= 11 is 5.68. The zero-order valence-electron chi connectivity index (χ0n) is 21.4. The molecule has 0 unspecified atom stereocenters. The van der Waals surface area contributed by atoms with Gasteiger partial charge in [-0.15, -0.1) is 0 Å². The molecular weight excluding hydrogens is 482 g/mol. The maximum Gasteiger partial charge on any atom is 0.228 e. The van der Waals surface area contributed by atoms with Gasteiger partial charge >= 0.3 is 0 Å². The Hall–Kier alpha value is -2.01. The van der Waals surface area contributed by atoms with Crippen LogP contribution in [0.4, 0.5) is 0 Å². The summed E-state index contributed by atoms with van der Waals surface area (Å²) in [7, 11) is -3.62. The molecule has 0 radical (unpaired) electrons. The molecule has 1 N–H and O–H groups in total. The van der Waals surface area contributed by atoms with Crippen molar-refractivity contribution in [2.24, 2.45) is 5.92 Å². The number of aromatic nitrogens is 2. The monoisotopic (exact) mass is 521 g/mol. The molecule has 1 aromatic heterocycles. The maximum absolute atomic E-state index is 13.5. The van der Waals surface area contributed by atoms with Crippen molar-refractivity contribution in [3.63, 3.8) is 0 Å². The molecule has 2 aromatic rings. The summed E-state index contributed by atoms with van der Waals surface area (Å²) in [5.74, 6) is 0.197. The van der Waals surface area contributed by atoms with Crippen molar-refractivity contribution < 1.29 is 13.2 Å². The zero-order valence-corrected chi connectivity index (χ0v) is 23.0. The highest BCUT2D eigenvalue weighted by molar-refractivity contribution is 7.90. The molecule has 1 aliphatic rings. The van der Waals surface area contributed by atoms with Crippen molar-refractivity contribution in [1.29, 1.82) is 0 Å². The average molecular weight is 522 g/mol. The SMILES string of the molecule is CCNC(=S)N(CCN1CCOCC1)Cc1cnc(S(=O)(=O)Cc2ccccc2C)n1CC(C)C. The third kappa shape index (κ3) is 7.73. The first-order chi connectivity index (χ1) is 16.7. The van der Waals surface area contributed by atoms with E-state index in [2.05, 4.69) is 33.9 Å². The van der Waals surface area contributed by atoms with Crippen LogP contribution in [0.1, 0.15) is 37.6 Å². The first-order valence-electron chi connectivity index (χ1n) is 12.4. The molecule has 1 aromatic carbocycles. The minimum absolute atomic E-state index is 0.0647. The highest BCUT2D eigenvalue weighted by Gasteiger charge is 2.26. The fourth-order valence-corrected chi connectivity index (χ4v) is 6.07. The molecule has 0 atom stereocenters. The minimum Gasteiger partial charge on any atom is -0.379 e. The predicted molar refractivity (Wildman–Crippen MR) is 143 cm³/mol. The molecule has 3 rings (SSSR count). The molecule has 35 heavy (non-hydrogen) atoms. The zero-order chi connectivity index (χ0) is 25.4. The van der Waals surface area contributed by atoms with Crippen LogP contribution < -0.4 is 5.32 Å². The largest absolute Gasteiger partial charge is 0.379 e. The van der Waals surface area contributed by atoms with Crippen LogP contribution >= 0.6 is 12.2 Å². The summed E-state index contributed by atoms with van der Waals surface area (Å²) in [5.41, 5.74) is 2.61. The van der Waals surface area contributed by atoms with Crippen LogP contribution in [0.3, 0.4) is 0 Å². The van der Waals surface area contributed by atoms with Gasteiger partial charge in [-0.25, -0.2) is 13.4 Å². The number of sulfone groups is 1. The third-order valence-electron chi connectivity index (χ3n) is 6.09. The smallest absolute Gasteiger partial charge is 0.228 e. The lowest BCUT2D eigenvalue weighted by Crippen LogP contribution is -2.46. The number of ether oxygens (including phenoxy) is 1. The molecule has 0 bridgehead atoms. The molecule has 2 heterocycles. The second-order valence-corrected chi connectivity index (χ2v) is 11.7. The summed E-state index contributed by atoms with van der Waals surface area (Å²) < 4.78 is 34.3. The fraction of sp³-hybridized carbons (Fsp3) is 0.600. The second-order valence-electron chi connectivity index (χ2n) is 9.43. The number of hydrogen-bond donors (Lipinski definition) is 1. The highest BCUT2D eigenvalue weighted by atomic mass is 32.2. The van der Waals surface area contributed by atoms with Gasteiger partial charge in [-0.2, -0.15) is 0 Å². The van der Waals surface area contributed by atoms with E-state index in [0.29, 0.717) is 18.2 Å². The Bertz CT molecular complexity index is 1080. The highest BCUT2D eigenvalue weighted by Crippen LogP contribution is 2.21. The van der Waals surface area contributed by atoms with Gasteiger partial charge in [0.25, 0.3) is 0 Å². The average Bonchev–Trinajstić information content (AvgIpc) is 3.21. The Labute approximate surface area is 215 Å². The van der Waals surface area contributed by atoms with Crippen LogP contribution in [-0.4, -0.2) is 78.8 Å². The van der Waals surface area contributed by atoms with Crippen LogP contribution in [0, 0.1) is 12.8 Å². The van der Waals surface area contributed by atoms with Gasteiger partial charge in [0, 0.05) is 39.3 Å². The van der Waals surface area contributed by atoms with Crippen LogP contribution in [0.2, 0.25) is 0 Å². The molecule has 1 saturated heterocycles. The molecule has 0 saturated carbocycles. The Morgan fingerprint density at radius 2 is 1.97 bits per heavy atom. The van der Waals surface area contributed by atoms with E-state index in [-0.39, 0.29) is 16.8 Å². The van der Waals surface area contributed by atoms with E-state index < -0.39 is 9.84 Å². The van der Waals surface area contributed by atoms with Crippen LogP contribution in [0.25, 0.3) is 0 Å². The van der Waals surface area contributed by atoms with Crippen LogP contribution in [-0.2, 0) is 33.4 Å². The van der Waals surface area contributed by atoms with E-state index in [1.807, 2.05) is 42.7 Å². The Morgan fingerprint density at radius 3 is 2.63 bits per heavy atom. The van der Waals surface area contributed by atoms with Crippen LogP contribution in [0.15, 0.2) is 35.6 Å². The van der Waals surface area contributed by atoms with Gasteiger partial charge in [-0.05, 0) is 43.1 Å². The molecule has 0 spiro atoms. The van der Waals surface area contributed by atoms with Crippen molar-refractivity contribution >= 4 is 27.2 Å². The van der Waals surface area contributed by atoms with Crippen molar-refractivity contribution in [1.82, 2.24) is 24.7 Å². The topological polar surface area (TPSA) is 79.7 Å².